The lowest BCUT2D eigenvalue weighted by atomic mass is 10.4. The molecule has 0 aromatic carbocycles. The molecule has 0 spiro atoms. The molecule has 5 heteroatoms. The molecule has 0 saturated carbocycles. The van der Waals surface area contributed by atoms with Gasteiger partial charge < -0.3 is 5.32 Å². The topological polar surface area (TPSA) is 63.2 Å². The lowest BCUT2D eigenvalue weighted by Crippen LogP contribution is -2.37. The second kappa shape index (κ2) is 2.20. The van der Waals surface area contributed by atoms with Crippen molar-refractivity contribution in [2.75, 3.05) is 5.75 Å². The molecule has 0 bridgehead atoms. The van der Waals surface area contributed by atoms with Crippen LogP contribution < -0.4 is 5.32 Å². The summed E-state index contributed by atoms with van der Waals surface area (Å²) in [5.74, 6) is -1.08. The maximum absolute atomic E-state index is 11.0. The van der Waals surface area contributed by atoms with Gasteiger partial charge in [0.05, 0.1) is 10.6 Å². The van der Waals surface area contributed by atoms with Crippen molar-refractivity contribution in [3.8, 4) is 0 Å². The monoisotopic (exact) mass is 173 g/mol. The molecule has 4 nitrogen and oxygen atoms in total. The van der Waals surface area contributed by atoms with Crippen LogP contribution in [0, 0.1) is 0 Å². The first-order valence-electron chi connectivity index (χ1n) is 2.84. The van der Waals surface area contributed by atoms with E-state index in [-0.39, 0.29) is 10.6 Å². The molecule has 0 aromatic rings. The number of sulfone groups is 1. The van der Waals surface area contributed by atoms with Gasteiger partial charge >= 0.3 is 0 Å². The van der Waals surface area contributed by atoms with Crippen molar-refractivity contribution in [1.82, 2.24) is 5.32 Å². The van der Waals surface area contributed by atoms with Crippen LogP contribution in [0.3, 0.4) is 0 Å². The Bertz CT molecular complexity index is 339. The average molecular weight is 173 g/mol. The minimum absolute atomic E-state index is 0.0706. The smallest absolute Gasteiger partial charge is 0.239 e. The van der Waals surface area contributed by atoms with Crippen molar-refractivity contribution in [1.29, 1.82) is 0 Å². The van der Waals surface area contributed by atoms with Gasteiger partial charge in [0.1, 0.15) is 5.75 Å². The van der Waals surface area contributed by atoms with E-state index in [1.165, 1.54) is 0 Å². The van der Waals surface area contributed by atoms with E-state index in [4.69, 9.17) is 0 Å². The number of nitrogens with one attached hydrogen (secondary N) is 1. The minimum Gasteiger partial charge on any atom is -0.325 e. The third-order valence-electron chi connectivity index (χ3n) is 1.32. The third-order valence-corrected chi connectivity index (χ3v) is 2.96. The van der Waals surface area contributed by atoms with Crippen LogP contribution in [0.25, 0.3) is 0 Å². The molecule has 1 rings (SSSR count). The number of carbonyl (C=O) groups is 1. The van der Waals surface area contributed by atoms with Gasteiger partial charge in [-0.1, -0.05) is 13.2 Å². The number of amides is 1. The Morgan fingerprint density at radius 3 is 2.36 bits per heavy atom. The molecule has 0 unspecified atom stereocenters. The Labute approximate surface area is 64.5 Å². The quantitative estimate of drug-likeness (QED) is 0.540. The van der Waals surface area contributed by atoms with Crippen LogP contribution in [-0.4, -0.2) is 20.1 Å². The Morgan fingerprint density at radius 2 is 1.91 bits per heavy atom. The maximum atomic E-state index is 11.0. The van der Waals surface area contributed by atoms with Crippen LogP contribution in [0.2, 0.25) is 0 Å². The molecule has 1 fully saturated rings. The minimum atomic E-state index is -3.47. The van der Waals surface area contributed by atoms with E-state index in [1.807, 2.05) is 0 Å². The lowest BCUT2D eigenvalue weighted by molar-refractivity contribution is -0.118. The molecule has 1 amide bonds. The Hall–Kier alpha value is -1.10. The van der Waals surface area contributed by atoms with Crippen molar-refractivity contribution in [2.45, 2.75) is 0 Å². The fourth-order valence-electron chi connectivity index (χ4n) is 0.721. The Morgan fingerprint density at radius 1 is 1.36 bits per heavy atom. The average Bonchev–Trinajstić information content (AvgIpc) is 1.81. The highest BCUT2D eigenvalue weighted by atomic mass is 32.2. The van der Waals surface area contributed by atoms with Crippen LogP contribution >= 0.6 is 0 Å². The summed E-state index contributed by atoms with van der Waals surface area (Å²) in [6, 6.07) is 0. The number of rotatable bonds is 0. The normalized spacial score (nSPS) is 23.1. The predicted octanol–water partition coefficient (Wildman–Crippen LogP) is -0.442. The summed E-state index contributed by atoms with van der Waals surface area (Å²) in [7, 11) is -3.47. The molecule has 0 aromatic heterocycles. The molecule has 0 aliphatic carbocycles. The summed E-state index contributed by atoms with van der Waals surface area (Å²) >= 11 is 0. The highest BCUT2D eigenvalue weighted by Crippen LogP contribution is 2.15. The van der Waals surface area contributed by atoms with Crippen LogP contribution in [-0.2, 0) is 14.6 Å². The zero-order chi connectivity index (χ0) is 8.65. The van der Waals surface area contributed by atoms with Gasteiger partial charge in [-0.3, -0.25) is 4.79 Å². The highest BCUT2D eigenvalue weighted by molar-refractivity contribution is 7.96. The first-order valence-corrected chi connectivity index (χ1v) is 4.49. The van der Waals surface area contributed by atoms with E-state index >= 15 is 0 Å². The zero-order valence-corrected chi connectivity index (χ0v) is 6.57. The first kappa shape index (κ1) is 8.00. The van der Waals surface area contributed by atoms with Crippen LogP contribution in [0.5, 0.6) is 0 Å². The number of hydrogen-bond acceptors (Lipinski definition) is 3. The highest BCUT2D eigenvalue weighted by Gasteiger charge is 2.28. The fourth-order valence-corrected chi connectivity index (χ4v) is 1.74. The summed E-state index contributed by atoms with van der Waals surface area (Å²) < 4.78 is 22.0. The number of carbonyl (C=O) groups excluding carboxylic acids is 1. The molecule has 1 aliphatic rings. The molecule has 1 aliphatic heterocycles. The van der Waals surface area contributed by atoms with E-state index in [0.717, 1.165) is 0 Å². The van der Waals surface area contributed by atoms with Crippen molar-refractivity contribution >= 4 is 15.7 Å². The molecular weight excluding hydrogens is 166 g/mol. The molecule has 0 radical (unpaired) electrons. The molecule has 0 atom stereocenters. The second-order valence-corrected chi connectivity index (χ2v) is 4.22. The van der Waals surface area contributed by atoms with Crippen LogP contribution in [0.15, 0.2) is 23.8 Å². The van der Waals surface area contributed by atoms with Gasteiger partial charge in [-0.05, 0) is 0 Å². The van der Waals surface area contributed by atoms with Gasteiger partial charge in [-0.15, -0.1) is 0 Å². The van der Waals surface area contributed by atoms with E-state index in [2.05, 4.69) is 18.5 Å². The van der Waals surface area contributed by atoms with E-state index < -0.39 is 21.5 Å². The van der Waals surface area contributed by atoms with Gasteiger partial charge in [0, 0.05) is 0 Å². The van der Waals surface area contributed by atoms with Crippen LogP contribution in [0.4, 0.5) is 0 Å². The summed E-state index contributed by atoms with van der Waals surface area (Å²) in [5, 5.41) is 2.27. The zero-order valence-electron chi connectivity index (χ0n) is 5.75. The number of hydrogen-bond donors (Lipinski definition) is 1. The molecule has 1 heterocycles. The van der Waals surface area contributed by atoms with Crippen molar-refractivity contribution < 1.29 is 13.2 Å². The maximum Gasteiger partial charge on any atom is 0.239 e. The summed E-state index contributed by atoms with van der Waals surface area (Å²) in [4.78, 5) is 10.5. The fraction of sp³-hybridized carbons (Fsp3) is 0.167. The van der Waals surface area contributed by atoms with Crippen molar-refractivity contribution in [3.63, 3.8) is 0 Å². The largest absolute Gasteiger partial charge is 0.325 e. The first-order chi connectivity index (χ1) is 4.93. The standard InChI is InChI=1S/C6H7NO3S/c1-4-5(2)11(9,10)3-6(8)7-4/h1-3H2,(H,7,8). The van der Waals surface area contributed by atoms with Gasteiger partial charge in [0.2, 0.25) is 5.91 Å². The van der Waals surface area contributed by atoms with Gasteiger partial charge in [0.15, 0.2) is 9.84 Å². The summed E-state index contributed by atoms with van der Waals surface area (Å²) in [6.45, 7) is 6.61. The van der Waals surface area contributed by atoms with E-state index in [9.17, 15) is 13.2 Å². The molecule has 60 valence electrons. The van der Waals surface area contributed by atoms with Crippen LogP contribution in [0.1, 0.15) is 0 Å². The molecular formula is C6H7NO3S. The SMILES string of the molecule is C=C1NC(=O)CS(=O)(=O)C1=C. The van der Waals surface area contributed by atoms with Gasteiger partial charge in [0.25, 0.3) is 0 Å². The van der Waals surface area contributed by atoms with Gasteiger partial charge in [-0.25, -0.2) is 8.42 Å². The Kier molecular flexibility index (Phi) is 1.60. The summed E-state index contributed by atoms with van der Waals surface area (Å²) in [6.07, 6.45) is 0. The lowest BCUT2D eigenvalue weighted by Gasteiger charge is -2.16. The Balaban J connectivity index is 3.13. The molecule has 11 heavy (non-hydrogen) atoms. The van der Waals surface area contributed by atoms with Gasteiger partial charge in [-0.2, -0.15) is 0 Å². The molecule has 1 N–H and O–H groups in total. The van der Waals surface area contributed by atoms with E-state index in [0.29, 0.717) is 0 Å². The van der Waals surface area contributed by atoms with Crippen molar-refractivity contribution in [3.05, 3.63) is 23.8 Å². The molecule has 1 saturated heterocycles. The third kappa shape index (κ3) is 1.32. The van der Waals surface area contributed by atoms with E-state index in [1.54, 1.807) is 0 Å². The predicted molar refractivity (Wildman–Crippen MR) is 40.2 cm³/mol. The second-order valence-electron chi connectivity index (χ2n) is 2.21. The van der Waals surface area contributed by atoms with Crippen molar-refractivity contribution in [2.24, 2.45) is 0 Å². The summed E-state index contributed by atoms with van der Waals surface area (Å²) in [5.41, 5.74) is 0.0706.